The maximum atomic E-state index is 12.7. The average molecular weight is 405 g/mol. The van der Waals surface area contributed by atoms with Gasteiger partial charge in [-0.1, -0.05) is 15.9 Å². The maximum absolute atomic E-state index is 12.7. The fraction of sp³-hybridized carbons (Fsp3) is 0.211. The summed E-state index contributed by atoms with van der Waals surface area (Å²) in [6.07, 6.45) is 1.66. The van der Waals surface area contributed by atoms with Gasteiger partial charge in [0.2, 0.25) is 5.78 Å². The number of hydrogen-bond donors (Lipinski definition) is 2. The van der Waals surface area contributed by atoms with Gasteiger partial charge < -0.3 is 19.5 Å². The number of methoxy groups -OCH3 is 1. The Balaban J connectivity index is 2.05. The van der Waals surface area contributed by atoms with Crippen LogP contribution in [0.2, 0.25) is 0 Å². The number of rotatable bonds is 4. The molecule has 130 valence electrons. The van der Waals surface area contributed by atoms with Crippen LogP contribution in [-0.4, -0.2) is 32.1 Å². The zero-order valence-corrected chi connectivity index (χ0v) is 15.8. The molecule has 0 aliphatic carbocycles. The molecule has 1 aliphatic heterocycles. The molecule has 6 heteroatoms. The summed E-state index contributed by atoms with van der Waals surface area (Å²) in [5.74, 6) is 1.23. The van der Waals surface area contributed by atoms with E-state index in [4.69, 9.17) is 9.47 Å². The number of hydrogen-bond acceptors (Lipinski definition) is 4. The second kappa shape index (κ2) is 6.90. The number of carbonyl (C=O) groups is 1. The summed E-state index contributed by atoms with van der Waals surface area (Å²) in [5, 5.41) is 10.2. The van der Waals surface area contributed by atoms with Gasteiger partial charge in [-0.2, -0.15) is 0 Å². The first-order chi connectivity index (χ1) is 11.9. The van der Waals surface area contributed by atoms with E-state index < -0.39 is 0 Å². The van der Waals surface area contributed by atoms with Crippen molar-refractivity contribution >= 4 is 27.8 Å². The highest BCUT2D eigenvalue weighted by Gasteiger charge is 2.32. The van der Waals surface area contributed by atoms with Gasteiger partial charge in [-0.15, -0.1) is 0 Å². The summed E-state index contributed by atoms with van der Waals surface area (Å²) >= 11 is 3.42. The summed E-state index contributed by atoms with van der Waals surface area (Å²) in [4.78, 5) is 13.8. The van der Waals surface area contributed by atoms with Crippen LogP contribution in [-0.2, 0) is 6.54 Å². The Bertz CT molecular complexity index is 874. The van der Waals surface area contributed by atoms with Crippen molar-refractivity contribution in [2.45, 2.75) is 6.54 Å². The van der Waals surface area contributed by atoms with Crippen LogP contribution in [0.3, 0.4) is 0 Å². The number of benzene rings is 2. The number of halogens is 1. The Kier molecular flexibility index (Phi) is 4.83. The number of Topliss-reactive ketones (excluding diaryl/α,β-unsaturated/α-hetero) is 1. The molecule has 2 aromatic rings. The fourth-order valence-corrected chi connectivity index (χ4v) is 3.16. The Morgan fingerprint density at radius 2 is 2.04 bits per heavy atom. The molecule has 25 heavy (non-hydrogen) atoms. The predicted octanol–water partition coefficient (Wildman–Crippen LogP) is 2.42. The molecule has 5 nitrogen and oxygen atoms in total. The van der Waals surface area contributed by atoms with E-state index >= 15 is 0 Å². The average Bonchev–Trinajstić information content (AvgIpc) is 2.87. The van der Waals surface area contributed by atoms with Crippen molar-refractivity contribution in [3.8, 4) is 17.2 Å². The lowest BCUT2D eigenvalue weighted by atomic mass is 10.0. The van der Waals surface area contributed by atoms with Crippen molar-refractivity contribution < 1.29 is 24.3 Å². The number of carbonyl (C=O) groups excluding carboxylic acids is 1. The maximum Gasteiger partial charge on any atom is 0.231 e. The molecule has 0 spiro atoms. The van der Waals surface area contributed by atoms with Crippen molar-refractivity contribution in [1.29, 1.82) is 0 Å². The fourth-order valence-electron chi connectivity index (χ4n) is 2.78. The second-order valence-electron chi connectivity index (χ2n) is 6.15. The number of quaternary nitrogens is 1. The van der Waals surface area contributed by atoms with Crippen LogP contribution >= 0.6 is 15.9 Å². The normalized spacial score (nSPS) is 14.8. The smallest absolute Gasteiger partial charge is 0.231 e. The third-order valence-electron chi connectivity index (χ3n) is 3.92. The molecule has 0 amide bonds. The zero-order valence-electron chi connectivity index (χ0n) is 14.2. The minimum Gasteiger partial charge on any atom is -0.507 e. The lowest BCUT2D eigenvalue weighted by Crippen LogP contribution is -3.04. The largest absolute Gasteiger partial charge is 0.507 e. The van der Waals surface area contributed by atoms with Crippen molar-refractivity contribution in [2.75, 3.05) is 21.2 Å². The first kappa shape index (κ1) is 17.5. The first-order valence-electron chi connectivity index (χ1n) is 7.82. The molecule has 1 heterocycles. The highest BCUT2D eigenvalue weighted by Crippen LogP contribution is 2.39. The standard InChI is InChI=1S/C19H18BrNO4/c1-21(2)10-14-15(22)6-5-13-18(23)17(25-19(13)14)9-11-8-12(20)4-7-16(11)24-3/h4-9,22H,10H2,1-3H3/p+1/b17-9+. The lowest BCUT2D eigenvalue weighted by molar-refractivity contribution is -0.872. The van der Waals surface area contributed by atoms with Gasteiger partial charge >= 0.3 is 0 Å². The van der Waals surface area contributed by atoms with Crippen LogP contribution in [0.15, 0.2) is 40.6 Å². The van der Waals surface area contributed by atoms with Crippen LogP contribution in [0.4, 0.5) is 0 Å². The van der Waals surface area contributed by atoms with Gasteiger partial charge in [-0.05, 0) is 36.4 Å². The molecule has 0 aromatic heterocycles. The number of nitrogens with one attached hydrogen (secondary N) is 1. The molecular weight excluding hydrogens is 386 g/mol. The van der Waals surface area contributed by atoms with E-state index in [0.29, 0.717) is 29.2 Å². The van der Waals surface area contributed by atoms with Crippen LogP contribution in [0.5, 0.6) is 17.2 Å². The molecule has 0 bridgehead atoms. The summed E-state index contributed by atoms with van der Waals surface area (Å²) < 4.78 is 12.1. The van der Waals surface area contributed by atoms with E-state index in [1.54, 1.807) is 25.3 Å². The molecule has 0 fully saturated rings. The van der Waals surface area contributed by atoms with Gasteiger partial charge in [0.25, 0.3) is 0 Å². The van der Waals surface area contributed by atoms with Gasteiger partial charge in [0, 0.05) is 10.0 Å². The third kappa shape index (κ3) is 3.41. The lowest BCUT2D eigenvalue weighted by Gasteiger charge is -2.12. The minimum atomic E-state index is -0.202. The van der Waals surface area contributed by atoms with Crippen molar-refractivity contribution in [3.63, 3.8) is 0 Å². The Hall–Kier alpha value is -2.31. The number of ether oxygens (including phenoxy) is 2. The number of phenols is 1. The molecule has 0 radical (unpaired) electrons. The van der Waals surface area contributed by atoms with E-state index in [1.165, 1.54) is 0 Å². The predicted molar refractivity (Wildman–Crippen MR) is 98.3 cm³/mol. The van der Waals surface area contributed by atoms with E-state index in [1.807, 2.05) is 32.3 Å². The molecule has 0 atom stereocenters. The van der Waals surface area contributed by atoms with Crippen LogP contribution in [0.25, 0.3) is 6.08 Å². The van der Waals surface area contributed by atoms with E-state index in [-0.39, 0.29) is 17.3 Å². The van der Waals surface area contributed by atoms with Crippen molar-refractivity contribution in [2.24, 2.45) is 0 Å². The Morgan fingerprint density at radius 3 is 2.72 bits per heavy atom. The minimum absolute atomic E-state index is 0.133. The monoisotopic (exact) mass is 404 g/mol. The molecule has 0 saturated carbocycles. The van der Waals surface area contributed by atoms with Gasteiger partial charge in [-0.3, -0.25) is 4.79 Å². The van der Waals surface area contributed by atoms with E-state index in [0.717, 1.165) is 14.9 Å². The highest BCUT2D eigenvalue weighted by atomic mass is 79.9. The van der Waals surface area contributed by atoms with Crippen LogP contribution in [0.1, 0.15) is 21.5 Å². The number of fused-ring (bicyclic) bond motifs is 1. The second-order valence-corrected chi connectivity index (χ2v) is 7.07. The Labute approximate surface area is 154 Å². The molecule has 3 rings (SSSR count). The number of ketones is 1. The van der Waals surface area contributed by atoms with Gasteiger partial charge in [0.15, 0.2) is 11.5 Å². The van der Waals surface area contributed by atoms with Crippen molar-refractivity contribution in [1.82, 2.24) is 0 Å². The topological polar surface area (TPSA) is 60.2 Å². The van der Waals surface area contributed by atoms with Gasteiger partial charge in [0.1, 0.15) is 18.0 Å². The third-order valence-corrected chi connectivity index (χ3v) is 4.42. The van der Waals surface area contributed by atoms with Crippen LogP contribution < -0.4 is 14.4 Å². The summed E-state index contributed by atoms with van der Waals surface area (Å²) in [6.45, 7) is 0.551. The number of phenolic OH excluding ortho intramolecular Hbond substituents is 1. The zero-order chi connectivity index (χ0) is 18.1. The SMILES string of the molecule is COc1ccc(Br)cc1/C=C1/Oc2c(ccc(O)c2C[NH+](C)C)C1=O. The number of allylic oxidation sites excluding steroid dienone is 1. The number of aromatic hydroxyl groups is 1. The summed E-state index contributed by atoms with van der Waals surface area (Å²) in [5.41, 5.74) is 1.83. The summed E-state index contributed by atoms with van der Waals surface area (Å²) in [7, 11) is 5.52. The highest BCUT2D eigenvalue weighted by molar-refractivity contribution is 9.10. The molecule has 1 aliphatic rings. The first-order valence-corrected chi connectivity index (χ1v) is 8.61. The molecule has 2 N–H and O–H groups in total. The molecule has 2 aromatic carbocycles. The summed E-state index contributed by atoms with van der Waals surface area (Å²) in [6, 6.07) is 8.67. The molecule has 0 saturated heterocycles. The molecular formula is C19H19BrNO4+. The van der Waals surface area contributed by atoms with Gasteiger partial charge in [0.05, 0.1) is 32.3 Å². The quantitative estimate of drug-likeness (QED) is 0.768. The van der Waals surface area contributed by atoms with E-state index in [2.05, 4.69) is 15.9 Å². The molecule has 0 unspecified atom stereocenters. The van der Waals surface area contributed by atoms with Crippen LogP contribution in [0, 0.1) is 0 Å². The van der Waals surface area contributed by atoms with Gasteiger partial charge in [-0.25, -0.2) is 0 Å². The van der Waals surface area contributed by atoms with Crippen molar-refractivity contribution in [3.05, 3.63) is 57.3 Å². The van der Waals surface area contributed by atoms with E-state index in [9.17, 15) is 9.90 Å². The Morgan fingerprint density at radius 1 is 1.28 bits per heavy atom.